The summed E-state index contributed by atoms with van der Waals surface area (Å²) < 4.78 is 71.6. The summed E-state index contributed by atoms with van der Waals surface area (Å²) in [7, 11) is 0. The number of alkyl halides is 5. The number of halogens is 5. The zero-order chi connectivity index (χ0) is 16.9. The zero-order valence-electron chi connectivity index (χ0n) is 11.6. The van der Waals surface area contributed by atoms with E-state index < -0.39 is 47.2 Å². The Kier molecular flexibility index (Phi) is 3.92. The molecule has 5 nitrogen and oxygen atoms in total. The summed E-state index contributed by atoms with van der Waals surface area (Å²) in [5, 5.41) is 0. The van der Waals surface area contributed by atoms with Gasteiger partial charge in [0.25, 0.3) is 11.5 Å². The maximum Gasteiger partial charge on any atom is 0.423 e. The van der Waals surface area contributed by atoms with Gasteiger partial charge in [-0.1, -0.05) is 13.8 Å². The predicted molar refractivity (Wildman–Crippen MR) is 64.6 cm³/mol. The first-order valence-corrected chi connectivity index (χ1v) is 6.46. The number of hydrogen-bond donors (Lipinski definition) is 1. The van der Waals surface area contributed by atoms with Crippen LogP contribution in [0.25, 0.3) is 0 Å². The monoisotopic (exact) mass is 328 g/mol. The van der Waals surface area contributed by atoms with Gasteiger partial charge in [0.05, 0.1) is 12.0 Å². The highest BCUT2D eigenvalue weighted by Crippen LogP contribution is 2.47. The SMILES string of the molecule is CC[C@H]1O[C@@H](n2cc(C(F)(F)F)c(=O)[nH]c2=O)C(F)(F)[C@@H]1C. The van der Waals surface area contributed by atoms with Crippen LogP contribution in [0.4, 0.5) is 22.0 Å². The average molecular weight is 328 g/mol. The molecule has 1 aliphatic rings. The minimum atomic E-state index is -5.08. The molecule has 10 heteroatoms. The van der Waals surface area contributed by atoms with E-state index in [4.69, 9.17) is 4.74 Å². The highest BCUT2D eigenvalue weighted by Gasteiger charge is 2.57. The molecule has 2 heterocycles. The van der Waals surface area contributed by atoms with Crippen molar-refractivity contribution in [3.05, 3.63) is 32.6 Å². The smallest absolute Gasteiger partial charge is 0.348 e. The molecule has 3 atom stereocenters. The van der Waals surface area contributed by atoms with Crippen molar-refractivity contribution in [3.8, 4) is 0 Å². The van der Waals surface area contributed by atoms with Crippen LogP contribution in [0, 0.1) is 5.92 Å². The Morgan fingerprint density at radius 1 is 1.36 bits per heavy atom. The first-order valence-electron chi connectivity index (χ1n) is 6.46. The van der Waals surface area contributed by atoms with Crippen LogP contribution in [0.15, 0.2) is 15.8 Å². The second kappa shape index (κ2) is 5.18. The van der Waals surface area contributed by atoms with Gasteiger partial charge in [0.15, 0.2) is 0 Å². The molecular formula is C12H13F5N2O3. The van der Waals surface area contributed by atoms with Gasteiger partial charge in [0.1, 0.15) is 5.56 Å². The first-order chi connectivity index (χ1) is 10.00. The fourth-order valence-corrected chi connectivity index (χ4v) is 2.41. The Morgan fingerprint density at radius 3 is 2.41 bits per heavy atom. The summed E-state index contributed by atoms with van der Waals surface area (Å²) in [6.45, 7) is 2.77. The quantitative estimate of drug-likeness (QED) is 0.846. The Balaban J connectivity index is 2.59. The van der Waals surface area contributed by atoms with Crippen LogP contribution in [-0.2, 0) is 10.9 Å². The Hall–Kier alpha value is -1.71. The third-order valence-corrected chi connectivity index (χ3v) is 3.73. The van der Waals surface area contributed by atoms with Crippen molar-refractivity contribution < 1.29 is 26.7 Å². The van der Waals surface area contributed by atoms with Crippen LogP contribution in [0.5, 0.6) is 0 Å². The van der Waals surface area contributed by atoms with Crippen molar-refractivity contribution in [2.45, 2.75) is 44.7 Å². The number of aromatic amines is 1. The molecule has 1 fully saturated rings. The summed E-state index contributed by atoms with van der Waals surface area (Å²) >= 11 is 0. The highest BCUT2D eigenvalue weighted by atomic mass is 19.4. The fourth-order valence-electron chi connectivity index (χ4n) is 2.41. The standard InChI is InChI=1S/C12H13F5N2O3/c1-3-7-5(2)11(13,14)9(22-7)19-4-6(12(15,16)17)8(20)18-10(19)21/h4-5,7,9H,3H2,1-2H3,(H,18,20,21)/t5-,7-,9-/m1/s1. The molecule has 2 rings (SSSR count). The third kappa shape index (κ3) is 2.55. The second-order valence-corrected chi connectivity index (χ2v) is 5.11. The van der Waals surface area contributed by atoms with Crippen molar-refractivity contribution >= 4 is 0 Å². The maximum absolute atomic E-state index is 14.2. The molecule has 1 aromatic heterocycles. The molecular weight excluding hydrogens is 315 g/mol. The summed E-state index contributed by atoms with van der Waals surface area (Å²) in [5.74, 6) is -4.83. The van der Waals surface area contributed by atoms with Gasteiger partial charge in [-0.3, -0.25) is 14.3 Å². The van der Waals surface area contributed by atoms with Crippen molar-refractivity contribution in [1.29, 1.82) is 0 Å². The topological polar surface area (TPSA) is 64.1 Å². The number of ether oxygens (including phenoxy) is 1. The van der Waals surface area contributed by atoms with E-state index in [1.807, 2.05) is 0 Å². The van der Waals surface area contributed by atoms with Crippen LogP contribution < -0.4 is 11.2 Å². The van der Waals surface area contributed by atoms with Crippen LogP contribution in [0.3, 0.4) is 0 Å². The zero-order valence-corrected chi connectivity index (χ0v) is 11.6. The maximum atomic E-state index is 14.2. The molecule has 1 N–H and O–H groups in total. The number of H-pyrrole nitrogens is 1. The number of nitrogens with one attached hydrogen (secondary N) is 1. The Morgan fingerprint density at radius 2 is 1.95 bits per heavy atom. The van der Waals surface area contributed by atoms with Crippen LogP contribution in [0.1, 0.15) is 32.1 Å². The summed E-state index contributed by atoms with van der Waals surface area (Å²) in [6, 6.07) is 0. The molecule has 0 unspecified atom stereocenters. The van der Waals surface area contributed by atoms with Crippen molar-refractivity contribution in [2.75, 3.05) is 0 Å². The lowest BCUT2D eigenvalue weighted by Gasteiger charge is -2.22. The largest absolute Gasteiger partial charge is 0.423 e. The fraction of sp³-hybridized carbons (Fsp3) is 0.667. The Labute approximate surface area is 120 Å². The third-order valence-electron chi connectivity index (χ3n) is 3.73. The van der Waals surface area contributed by atoms with Crippen LogP contribution >= 0.6 is 0 Å². The molecule has 0 saturated carbocycles. The van der Waals surface area contributed by atoms with Gasteiger partial charge >= 0.3 is 11.9 Å². The van der Waals surface area contributed by atoms with E-state index in [-0.39, 0.29) is 17.2 Å². The molecule has 0 spiro atoms. The van der Waals surface area contributed by atoms with E-state index >= 15 is 0 Å². The molecule has 0 amide bonds. The van der Waals surface area contributed by atoms with E-state index in [0.717, 1.165) is 0 Å². The molecule has 0 radical (unpaired) electrons. The molecule has 22 heavy (non-hydrogen) atoms. The first kappa shape index (κ1) is 16.7. The normalized spacial score (nSPS) is 28.0. The molecule has 1 aromatic rings. The molecule has 124 valence electrons. The minimum Gasteiger partial charge on any atom is -0.348 e. The minimum absolute atomic E-state index is 0.0739. The lowest BCUT2D eigenvalue weighted by Crippen LogP contribution is -2.41. The van der Waals surface area contributed by atoms with Gasteiger partial charge in [0.2, 0.25) is 6.23 Å². The molecule has 0 bridgehead atoms. The number of nitrogens with zero attached hydrogens (tertiary/aromatic N) is 1. The van der Waals surface area contributed by atoms with E-state index in [1.165, 1.54) is 11.9 Å². The van der Waals surface area contributed by atoms with Gasteiger partial charge in [0, 0.05) is 6.20 Å². The summed E-state index contributed by atoms with van der Waals surface area (Å²) in [5.41, 5.74) is -4.80. The van der Waals surface area contributed by atoms with E-state index in [0.29, 0.717) is 0 Å². The highest BCUT2D eigenvalue weighted by molar-refractivity contribution is 5.10. The predicted octanol–water partition coefficient (Wildman–Crippen LogP) is 2.13. The second-order valence-electron chi connectivity index (χ2n) is 5.11. The van der Waals surface area contributed by atoms with Crippen molar-refractivity contribution in [3.63, 3.8) is 0 Å². The molecule has 0 aliphatic carbocycles. The summed E-state index contributed by atoms with van der Waals surface area (Å²) in [6.07, 6.45) is -7.90. The van der Waals surface area contributed by atoms with Gasteiger partial charge in [-0.2, -0.15) is 13.2 Å². The number of rotatable bonds is 2. The lowest BCUT2D eigenvalue weighted by molar-refractivity contribution is -0.143. The van der Waals surface area contributed by atoms with Gasteiger partial charge in [-0.25, -0.2) is 13.6 Å². The lowest BCUT2D eigenvalue weighted by atomic mass is 9.98. The van der Waals surface area contributed by atoms with E-state index in [9.17, 15) is 31.5 Å². The molecule has 1 saturated heterocycles. The van der Waals surface area contributed by atoms with Crippen LogP contribution in [0.2, 0.25) is 0 Å². The molecule has 1 aliphatic heterocycles. The summed E-state index contributed by atoms with van der Waals surface area (Å²) in [4.78, 5) is 24.2. The van der Waals surface area contributed by atoms with Crippen molar-refractivity contribution in [1.82, 2.24) is 9.55 Å². The van der Waals surface area contributed by atoms with Gasteiger partial charge < -0.3 is 4.74 Å². The Bertz CT molecular complexity index is 679. The van der Waals surface area contributed by atoms with Crippen LogP contribution in [-0.4, -0.2) is 21.6 Å². The van der Waals surface area contributed by atoms with Crippen molar-refractivity contribution in [2.24, 2.45) is 5.92 Å². The molecule has 0 aromatic carbocycles. The number of aromatic nitrogens is 2. The number of hydrogen-bond acceptors (Lipinski definition) is 3. The van der Waals surface area contributed by atoms with E-state index in [2.05, 4.69) is 0 Å². The van der Waals surface area contributed by atoms with E-state index in [1.54, 1.807) is 6.92 Å². The van der Waals surface area contributed by atoms with Gasteiger partial charge in [-0.05, 0) is 6.42 Å². The van der Waals surface area contributed by atoms with Gasteiger partial charge in [-0.15, -0.1) is 0 Å². The average Bonchev–Trinajstić information content (AvgIpc) is 2.60.